The molecule has 4 nitrogen and oxygen atoms in total. The highest BCUT2D eigenvalue weighted by molar-refractivity contribution is 5.91. The van der Waals surface area contributed by atoms with Crippen LogP contribution in [-0.2, 0) is 6.42 Å². The van der Waals surface area contributed by atoms with Crippen LogP contribution in [-0.4, -0.2) is 17.7 Å². The summed E-state index contributed by atoms with van der Waals surface area (Å²) in [7, 11) is 0. The van der Waals surface area contributed by atoms with Crippen molar-refractivity contribution < 1.29 is 9.90 Å². The van der Waals surface area contributed by atoms with Gasteiger partial charge in [0.1, 0.15) is 0 Å². The fourth-order valence-electron chi connectivity index (χ4n) is 2.34. The van der Waals surface area contributed by atoms with Gasteiger partial charge in [-0.2, -0.15) is 0 Å². The molecule has 2 rings (SSSR count). The number of aliphatic hydroxyl groups excluding tert-OH is 1. The van der Waals surface area contributed by atoms with Crippen LogP contribution in [0.3, 0.4) is 0 Å². The van der Waals surface area contributed by atoms with E-state index in [2.05, 4.69) is 17.6 Å². The third kappa shape index (κ3) is 4.09. The van der Waals surface area contributed by atoms with E-state index in [9.17, 15) is 9.90 Å². The normalized spacial score (nSPS) is 11.8. The first kappa shape index (κ1) is 16.0. The molecule has 2 amide bonds. The number of aryl methyl sites for hydroxylation is 2. The summed E-state index contributed by atoms with van der Waals surface area (Å²) in [4.78, 5) is 12.0. The molecule has 1 unspecified atom stereocenters. The molecule has 0 bridgehead atoms. The Balaban J connectivity index is 1.94. The quantitative estimate of drug-likeness (QED) is 0.792. The zero-order valence-corrected chi connectivity index (χ0v) is 13.0. The summed E-state index contributed by atoms with van der Waals surface area (Å²) in [6.45, 7) is 4.19. The standard InChI is InChI=1S/C18H22N2O2/c1-3-14-11-7-8-13(2)17(14)20-18(22)19-12-16(21)15-9-5-4-6-10-15/h4-11,16,21H,3,12H2,1-2H3,(H2,19,20,22). The SMILES string of the molecule is CCc1cccc(C)c1NC(=O)NCC(O)c1ccccc1. The fourth-order valence-corrected chi connectivity index (χ4v) is 2.34. The van der Waals surface area contributed by atoms with Gasteiger partial charge in [-0.05, 0) is 30.0 Å². The monoisotopic (exact) mass is 298 g/mol. The van der Waals surface area contributed by atoms with Crippen LogP contribution >= 0.6 is 0 Å². The Morgan fingerprint density at radius 3 is 2.55 bits per heavy atom. The lowest BCUT2D eigenvalue weighted by molar-refractivity contribution is 0.175. The van der Waals surface area contributed by atoms with E-state index in [0.29, 0.717) is 0 Å². The van der Waals surface area contributed by atoms with E-state index in [0.717, 1.165) is 28.8 Å². The van der Waals surface area contributed by atoms with Gasteiger partial charge in [0.15, 0.2) is 0 Å². The lowest BCUT2D eigenvalue weighted by atomic mass is 10.1. The van der Waals surface area contributed by atoms with Crippen LogP contribution in [0.5, 0.6) is 0 Å². The average molecular weight is 298 g/mol. The average Bonchev–Trinajstić information content (AvgIpc) is 2.55. The maximum absolute atomic E-state index is 12.0. The van der Waals surface area contributed by atoms with Crippen molar-refractivity contribution >= 4 is 11.7 Å². The topological polar surface area (TPSA) is 61.4 Å². The maximum atomic E-state index is 12.0. The Morgan fingerprint density at radius 2 is 1.86 bits per heavy atom. The third-order valence-corrected chi connectivity index (χ3v) is 3.62. The second-order valence-corrected chi connectivity index (χ2v) is 5.22. The Bertz CT molecular complexity index is 626. The van der Waals surface area contributed by atoms with E-state index in [-0.39, 0.29) is 12.6 Å². The molecular weight excluding hydrogens is 276 g/mol. The van der Waals surface area contributed by atoms with E-state index in [1.54, 1.807) is 0 Å². The molecular formula is C18H22N2O2. The number of benzene rings is 2. The van der Waals surface area contributed by atoms with Crippen molar-refractivity contribution in [1.29, 1.82) is 0 Å². The molecule has 0 heterocycles. The first-order chi connectivity index (χ1) is 10.6. The van der Waals surface area contributed by atoms with Gasteiger partial charge < -0.3 is 15.7 Å². The molecule has 2 aromatic carbocycles. The van der Waals surface area contributed by atoms with Gasteiger partial charge in [0.2, 0.25) is 0 Å². The van der Waals surface area contributed by atoms with Gasteiger partial charge in [-0.3, -0.25) is 0 Å². The van der Waals surface area contributed by atoms with Crippen LogP contribution in [0.4, 0.5) is 10.5 Å². The van der Waals surface area contributed by atoms with E-state index in [1.807, 2.05) is 55.5 Å². The fraction of sp³-hybridized carbons (Fsp3) is 0.278. The van der Waals surface area contributed by atoms with Gasteiger partial charge >= 0.3 is 6.03 Å². The van der Waals surface area contributed by atoms with Gasteiger partial charge in [-0.15, -0.1) is 0 Å². The Labute approximate surface area is 131 Å². The summed E-state index contributed by atoms with van der Waals surface area (Å²) in [6, 6.07) is 14.9. The number of carbonyl (C=O) groups is 1. The zero-order chi connectivity index (χ0) is 15.9. The molecule has 4 heteroatoms. The largest absolute Gasteiger partial charge is 0.387 e. The first-order valence-corrected chi connectivity index (χ1v) is 7.48. The van der Waals surface area contributed by atoms with Crippen molar-refractivity contribution in [3.8, 4) is 0 Å². The molecule has 2 aromatic rings. The minimum atomic E-state index is -0.713. The lowest BCUT2D eigenvalue weighted by Gasteiger charge is -2.15. The van der Waals surface area contributed by atoms with Gasteiger partial charge in [0.05, 0.1) is 6.10 Å². The summed E-state index contributed by atoms with van der Waals surface area (Å²) in [6.07, 6.45) is 0.138. The molecule has 22 heavy (non-hydrogen) atoms. The minimum Gasteiger partial charge on any atom is -0.387 e. The molecule has 0 aliphatic carbocycles. The number of anilines is 1. The smallest absolute Gasteiger partial charge is 0.319 e. The van der Waals surface area contributed by atoms with E-state index in [1.165, 1.54) is 0 Å². The molecule has 0 saturated carbocycles. The number of nitrogens with one attached hydrogen (secondary N) is 2. The Kier molecular flexibility index (Phi) is 5.55. The number of hydrogen-bond donors (Lipinski definition) is 3. The number of aliphatic hydroxyl groups is 1. The predicted octanol–water partition coefficient (Wildman–Crippen LogP) is 3.41. The molecule has 3 N–H and O–H groups in total. The van der Waals surface area contributed by atoms with Crippen molar-refractivity contribution in [3.05, 3.63) is 65.2 Å². The van der Waals surface area contributed by atoms with Crippen LogP contribution in [0, 0.1) is 6.92 Å². The summed E-state index contributed by atoms with van der Waals surface area (Å²) in [5.74, 6) is 0. The number of para-hydroxylation sites is 1. The number of amides is 2. The number of carbonyl (C=O) groups excluding carboxylic acids is 1. The molecule has 0 aliphatic heterocycles. The molecule has 0 aromatic heterocycles. The van der Waals surface area contributed by atoms with Crippen molar-refractivity contribution in [3.63, 3.8) is 0 Å². The van der Waals surface area contributed by atoms with Crippen LogP contribution in [0.2, 0.25) is 0 Å². The molecule has 0 fully saturated rings. The summed E-state index contributed by atoms with van der Waals surface area (Å²) in [5, 5.41) is 15.6. The van der Waals surface area contributed by atoms with E-state index in [4.69, 9.17) is 0 Å². The highest BCUT2D eigenvalue weighted by Crippen LogP contribution is 2.21. The van der Waals surface area contributed by atoms with Crippen LogP contribution in [0.25, 0.3) is 0 Å². The van der Waals surface area contributed by atoms with Crippen LogP contribution in [0.1, 0.15) is 29.7 Å². The summed E-state index contributed by atoms with van der Waals surface area (Å²) >= 11 is 0. The van der Waals surface area contributed by atoms with Crippen molar-refractivity contribution in [1.82, 2.24) is 5.32 Å². The lowest BCUT2D eigenvalue weighted by Crippen LogP contribution is -2.32. The molecule has 0 spiro atoms. The van der Waals surface area contributed by atoms with Crippen LogP contribution < -0.4 is 10.6 Å². The van der Waals surface area contributed by atoms with Gasteiger partial charge in [0.25, 0.3) is 0 Å². The van der Waals surface area contributed by atoms with Crippen molar-refractivity contribution in [2.75, 3.05) is 11.9 Å². The number of hydrogen-bond acceptors (Lipinski definition) is 2. The summed E-state index contributed by atoms with van der Waals surface area (Å²) < 4.78 is 0. The number of urea groups is 1. The zero-order valence-electron chi connectivity index (χ0n) is 13.0. The van der Waals surface area contributed by atoms with E-state index < -0.39 is 6.10 Å². The molecule has 0 aliphatic rings. The van der Waals surface area contributed by atoms with Crippen molar-refractivity contribution in [2.45, 2.75) is 26.4 Å². The maximum Gasteiger partial charge on any atom is 0.319 e. The Morgan fingerprint density at radius 1 is 1.14 bits per heavy atom. The Hall–Kier alpha value is -2.33. The molecule has 0 radical (unpaired) electrons. The first-order valence-electron chi connectivity index (χ1n) is 7.48. The molecule has 0 saturated heterocycles. The highest BCUT2D eigenvalue weighted by atomic mass is 16.3. The minimum absolute atomic E-state index is 0.170. The van der Waals surface area contributed by atoms with Gasteiger partial charge in [-0.1, -0.05) is 55.5 Å². The summed E-state index contributed by atoms with van der Waals surface area (Å²) in [5.41, 5.74) is 3.75. The second-order valence-electron chi connectivity index (χ2n) is 5.22. The second kappa shape index (κ2) is 7.61. The van der Waals surface area contributed by atoms with Crippen LogP contribution in [0.15, 0.2) is 48.5 Å². The van der Waals surface area contributed by atoms with Crippen molar-refractivity contribution in [2.24, 2.45) is 0 Å². The molecule has 1 atom stereocenters. The van der Waals surface area contributed by atoms with Gasteiger partial charge in [0, 0.05) is 12.2 Å². The third-order valence-electron chi connectivity index (χ3n) is 3.62. The highest BCUT2D eigenvalue weighted by Gasteiger charge is 2.11. The van der Waals surface area contributed by atoms with Gasteiger partial charge in [-0.25, -0.2) is 4.79 Å². The van der Waals surface area contributed by atoms with E-state index >= 15 is 0 Å². The number of rotatable bonds is 5. The predicted molar refractivity (Wildman–Crippen MR) is 89.0 cm³/mol. The molecule has 116 valence electrons.